The quantitative estimate of drug-likeness (QED) is 0.838. The van der Waals surface area contributed by atoms with Crippen LogP contribution in [0.2, 0.25) is 0 Å². The summed E-state index contributed by atoms with van der Waals surface area (Å²) in [6.07, 6.45) is 1.76. The van der Waals surface area contributed by atoms with E-state index in [1.807, 2.05) is 25.8 Å². The van der Waals surface area contributed by atoms with Crippen LogP contribution in [-0.4, -0.2) is 50.9 Å². The Hall–Kier alpha value is -1.40. The molecule has 0 spiro atoms. The normalized spacial score (nSPS) is 17.9. The van der Waals surface area contributed by atoms with E-state index in [1.165, 1.54) is 0 Å². The average molecular weight is 280 g/mol. The molecule has 0 saturated carbocycles. The highest BCUT2D eigenvalue weighted by molar-refractivity contribution is 5.93. The summed E-state index contributed by atoms with van der Waals surface area (Å²) in [7, 11) is 1.86. The van der Waals surface area contributed by atoms with E-state index in [-0.39, 0.29) is 5.91 Å². The first-order chi connectivity index (χ1) is 9.34. The highest BCUT2D eigenvalue weighted by Gasteiger charge is 2.40. The van der Waals surface area contributed by atoms with Crippen LogP contribution < -0.4 is 5.32 Å². The van der Waals surface area contributed by atoms with Gasteiger partial charge in [0.15, 0.2) is 0 Å². The van der Waals surface area contributed by atoms with Crippen molar-refractivity contribution in [2.24, 2.45) is 7.05 Å². The Kier molecular flexibility index (Phi) is 4.15. The second kappa shape index (κ2) is 5.54. The van der Waals surface area contributed by atoms with Crippen LogP contribution in [0.15, 0.2) is 0 Å². The highest BCUT2D eigenvalue weighted by atomic mass is 16.3. The van der Waals surface area contributed by atoms with Crippen LogP contribution >= 0.6 is 0 Å². The van der Waals surface area contributed by atoms with Crippen LogP contribution in [0.25, 0.3) is 0 Å². The predicted octanol–water partition coefficient (Wildman–Crippen LogP) is 0.822. The maximum atomic E-state index is 12.0. The van der Waals surface area contributed by atoms with Crippen molar-refractivity contribution >= 4 is 11.6 Å². The number of aliphatic hydroxyl groups is 1. The van der Waals surface area contributed by atoms with E-state index in [4.69, 9.17) is 0 Å². The molecule has 1 aliphatic heterocycles. The summed E-state index contributed by atoms with van der Waals surface area (Å²) >= 11 is 0. The Morgan fingerprint density at radius 1 is 1.45 bits per heavy atom. The van der Waals surface area contributed by atoms with Crippen LogP contribution in [0, 0.1) is 13.8 Å². The van der Waals surface area contributed by atoms with Crippen molar-refractivity contribution in [1.82, 2.24) is 14.7 Å². The van der Waals surface area contributed by atoms with Crippen molar-refractivity contribution < 1.29 is 9.90 Å². The van der Waals surface area contributed by atoms with Crippen molar-refractivity contribution in [2.45, 2.75) is 39.2 Å². The maximum Gasteiger partial charge on any atom is 0.238 e. The number of carbonyl (C=O) groups is 1. The lowest BCUT2D eigenvalue weighted by molar-refractivity contribution is -0.129. The zero-order valence-electron chi connectivity index (χ0n) is 12.7. The first kappa shape index (κ1) is 15.0. The van der Waals surface area contributed by atoms with Crippen molar-refractivity contribution in [3.8, 4) is 0 Å². The van der Waals surface area contributed by atoms with E-state index in [2.05, 4.69) is 17.3 Å². The molecular formula is C14H24N4O2. The summed E-state index contributed by atoms with van der Waals surface area (Å²) in [5.41, 5.74) is 1.98. The van der Waals surface area contributed by atoms with Crippen molar-refractivity contribution in [3.63, 3.8) is 0 Å². The summed E-state index contributed by atoms with van der Waals surface area (Å²) in [6.45, 7) is 7.35. The number of rotatable bonds is 5. The van der Waals surface area contributed by atoms with Gasteiger partial charge in [-0.15, -0.1) is 0 Å². The molecule has 1 aliphatic rings. The zero-order valence-corrected chi connectivity index (χ0v) is 12.7. The maximum absolute atomic E-state index is 12.0. The number of aromatic nitrogens is 2. The topological polar surface area (TPSA) is 70.4 Å². The van der Waals surface area contributed by atoms with Crippen LogP contribution in [-0.2, 0) is 11.8 Å². The molecule has 112 valence electrons. The van der Waals surface area contributed by atoms with Gasteiger partial charge in [-0.3, -0.25) is 14.4 Å². The molecule has 2 rings (SSSR count). The number of hydrogen-bond donors (Lipinski definition) is 2. The molecule has 20 heavy (non-hydrogen) atoms. The molecule has 0 aliphatic carbocycles. The minimum Gasteiger partial charge on any atom is -0.387 e. The number of amides is 1. The molecule has 0 unspecified atom stereocenters. The number of nitrogens with one attached hydrogen (secondary N) is 1. The third-order valence-corrected chi connectivity index (χ3v) is 3.89. The van der Waals surface area contributed by atoms with E-state index in [0.29, 0.717) is 19.6 Å². The molecular weight excluding hydrogens is 256 g/mol. The smallest absolute Gasteiger partial charge is 0.238 e. The molecule has 2 N–H and O–H groups in total. The molecule has 6 nitrogen and oxygen atoms in total. The van der Waals surface area contributed by atoms with Gasteiger partial charge in [-0.05, 0) is 20.3 Å². The molecule has 1 saturated heterocycles. The van der Waals surface area contributed by atoms with Gasteiger partial charge in [0.05, 0.1) is 29.2 Å². The van der Waals surface area contributed by atoms with Gasteiger partial charge in [0.2, 0.25) is 5.91 Å². The predicted molar refractivity (Wildman–Crippen MR) is 77.6 cm³/mol. The summed E-state index contributed by atoms with van der Waals surface area (Å²) < 4.78 is 1.76. The van der Waals surface area contributed by atoms with Gasteiger partial charge in [-0.1, -0.05) is 13.3 Å². The Labute approximate surface area is 119 Å². The molecule has 6 heteroatoms. The molecule has 2 heterocycles. The SMILES string of the molecule is CCCC1(O)CN(CC(=O)Nc2c(C)nn(C)c2C)C1. The first-order valence-corrected chi connectivity index (χ1v) is 7.09. The number of nitrogens with zero attached hydrogens (tertiary/aromatic N) is 3. The van der Waals surface area contributed by atoms with Gasteiger partial charge in [-0.25, -0.2) is 0 Å². The van der Waals surface area contributed by atoms with E-state index in [9.17, 15) is 9.90 Å². The Morgan fingerprint density at radius 3 is 2.60 bits per heavy atom. The zero-order chi connectivity index (χ0) is 14.9. The number of hydrogen-bond acceptors (Lipinski definition) is 4. The van der Waals surface area contributed by atoms with E-state index >= 15 is 0 Å². The molecule has 0 aromatic carbocycles. The monoisotopic (exact) mass is 280 g/mol. The van der Waals surface area contributed by atoms with Gasteiger partial charge in [-0.2, -0.15) is 5.10 Å². The van der Waals surface area contributed by atoms with Crippen LogP contribution in [0.1, 0.15) is 31.2 Å². The Bertz CT molecular complexity index is 504. The molecule has 1 aromatic heterocycles. The fourth-order valence-electron chi connectivity index (χ4n) is 2.86. The summed E-state index contributed by atoms with van der Waals surface area (Å²) in [4.78, 5) is 14.0. The third kappa shape index (κ3) is 3.02. The number of aryl methyl sites for hydroxylation is 2. The van der Waals surface area contributed by atoms with E-state index < -0.39 is 5.60 Å². The second-order valence-electron chi connectivity index (χ2n) is 5.84. The van der Waals surface area contributed by atoms with Crippen molar-refractivity contribution in [3.05, 3.63) is 11.4 Å². The second-order valence-corrected chi connectivity index (χ2v) is 5.84. The van der Waals surface area contributed by atoms with Crippen molar-refractivity contribution in [2.75, 3.05) is 25.0 Å². The van der Waals surface area contributed by atoms with Gasteiger partial charge < -0.3 is 10.4 Å². The molecule has 0 bridgehead atoms. The first-order valence-electron chi connectivity index (χ1n) is 7.09. The number of β-amino-alcohol motifs (C(OH)–C–C–N with tert-alkyl or cyclic N) is 1. The van der Waals surface area contributed by atoms with Gasteiger partial charge >= 0.3 is 0 Å². The molecule has 1 fully saturated rings. The van der Waals surface area contributed by atoms with Gasteiger partial charge in [0.1, 0.15) is 0 Å². The van der Waals surface area contributed by atoms with E-state index in [1.54, 1.807) is 4.68 Å². The number of carbonyl (C=O) groups excluding carboxylic acids is 1. The van der Waals surface area contributed by atoms with Gasteiger partial charge in [0.25, 0.3) is 0 Å². The summed E-state index contributed by atoms with van der Waals surface area (Å²) in [6, 6.07) is 0. The Balaban J connectivity index is 1.85. The van der Waals surface area contributed by atoms with E-state index in [0.717, 1.165) is 29.9 Å². The Morgan fingerprint density at radius 2 is 2.10 bits per heavy atom. The number of anilines is 1. The van der Waals surface area contributed by atoms with Crippen LogP contribution in [0.5, 0.6) is 0 Å². The number of likely N-dealkylation sites (tertiary alicyclic amines) is 1. The fourth-order valence-corrected chi connectivity index (χ4v) is 2.86. The summed E-state index contributed by atoms with van der Waals surface area (Å²) in [5.74, 6) is -0.0530. The molecule has 0 atom stereocenters. The summed E-state index contributed by atoms with van der Waals surface area (Å²) in [5, 5.41) is 17.3. The lowest BCUT2D eigenvalue weighted by atomic mass is 9.89. The molecule has 1 amide bonds. The highest BCUT2D eigenvalue weighted by Crippen LogP contribution is 2.25. The largest absolute Gasteiger partial charge is 0.387 e. The molecule has 0 radical (unpaired) electrons. The minimum absolute atomic E-state index is 0.0530. The average Bonchev–Trinajstić information content (AvgIpc) is 2.54. The van der Waals surface area contributed by atoms with Crippen LogP contribution in [0.3, 0.4) is 0 Å². The van der Waals surface area contributed by atoms with Crippen molar-refractivity contribution in [1.29, 1.82) is 0 Å². The lowest BCUT2D eigenvalue weighted by Crippen LogP contribution is -2.62. The minimum atomic E-state index is -0.588. The lowest BCUT2D eigenvalue weighted by Gasteiger charge is -2.46. The van der Waals surface area contributed by atoms with Gasteiger partial charge in [0, 0.05) is 20.1 Å². The van der Waals surface area contributed by atoms with Crippen LogP contribution in [0.4, 0.5) is 5.69 Å². The fraction of sp³-hybridized carbons (Fsp3) is 0.714. The third-order valence-electron chi connectivity index (χ3n) is 3.89. The molecule has 1 aromatic rings. The standard InChI is InChI=1S/C14H24N4O2/c1-5-6-14(20)8-18(9-14)7-12(19)15-13-10(2)16-17(4)11(13)3/h20H,5-9H2,1-4H3,(H,15,19).